The predicted molar refractivity (Wildman–Crippen MR) is 303 cm³/mol. The van der Waals surface area contributed by atoms with Crippen molar-refractivity contribution in [1.82, 2.24) is 0 Å². The maximum atomic E-state index is 12.9. The van der Waals surface area contributed by atoms with Crippen LogP contribution in [0.5, 0.6) is 0 Å². The van der Waals surface area contributed by atoms with E-state index < -0.39 is 6.10 Å². The SMILES string of the molecule is CCCCC/C=C\CCCCCCCC(=O)OCC(COC(=O)CCCCCCCCCCCCCCCCCCCCCCCCCC)OC(=O)CCCCCCCCCCCCCCCCCC. The zero-order chi connectivity index (χ0) is 50.7. The van der Waals surface area contributed by atoms with E-state index in [2.05, 4.69) is 32.9 Å². The Labute approximate surface area is 437 Å². The molecule has 414 valence electrons. The second-order valence-corrected chi connectivity index (χ2v) is 21.7. The fourth-order valence-corrected chi connectivity index (χ4v) is 9.74. The second kappa shape index (κ2) is 59.7. The third-order valence-corrected chi connectivity index (χ3v) is 14.5. The molecule has 1 unspecified atom stereocenters. The quantitative estimate of drug-likeness (QED) is 0.0261. The van der Waals surface area contributed by atoms with Crippen molar-refractivity contribution in [2.45, 2.75) is 367 Å². The molecular weight excluding hydrogens is 865 g/mol. The van der Waals surface area contributed by atoms with E-state index in [1.54, 1.807) is 0 Å². The van der Waals surface area contributed by atoms with E-state index in [9.17, 15) is 14.4 Å². The van der Waals surface area contributed by atoms with Gasteiger partial charge >= 0.3 is 17.9 Å². The molecule has 0 saturated carbocycles. The van der Waals surface area contributed by atoms with Gasteiger partial charge in [0.15, 0.2) is 6.10 Å². The summed E-state index contributed by atoms with van der Waals surface area (Å²) in [5, 5.41) is 0. The molecular formula is C64H122O6. The van der Waals surface area contributed by atoms with Gasteiger partial charge in [-0.2, -0.15) is 0 Å². The van der Waals surface area contributed by atoms with Crippen LogP contribution in [0, 0.1) is 0 Å². The molecule has 0 amide bonds. The van der Waals surface area contributed by atoms with Gasteiger partial charge in [-0.05, 0) is 44.9 Å². The summed E-state index contributed by atoms with van der Waals surface area (Å²) >= 11 is 0. The maximum absolute atomic E-state index is 12.9. The highest BCUT2D eigenvalue weighted by Gasteiger charge is 2.19. The smallest absolute Gasteiger partial charge is 0.306 e. The average Bonchev–Trinajstić information content (AvgIpc) is 3.36. The molecule has 0 heterocycles. The van der Waals surface area contributed by atoms with Crippen LogP contribution < -0.4 is 0 Å². The molecule has 0 spiro atoms. The second-order valence-electron chi connectivity index (χ2n) is 21.7. The van der Waals surface area contributed by atoms with Crippen LogP contribution in [0.1, 0.15) is 361 Å². The number of unbranched alkanes of at least 4 members (excludes halogenated alkanes) is 46. The summed E-state index contributed by atoms with van der Waals surface area (Å²) in [5.74, 6) is -0.848. The molecule has 70 heavy (non-hydrogen) atoms. The molecule has 0 aliphatic heterocycles. The van der Waals surface area contributed by atoms with Gasteiger partial charge < -0.3 is 14.2 Å². The van der Waals surface area contributed by atoms with E-state index >= 15 is 0 Å². The predicted octanol–water partition coefficient (Wildman–Crippen LogP) is 21.3. The summed E-state index contributed by atoms with van der Waals surface area (Å²) < 4.78 is 16.9. The molecule has 6 heteroatoms. The van der Waals surface area contributed by atoms with Crippen LogP contribution in [0.4, 0.5) is 0 Å². The lowest BCUT2D eigenvalue weighted by molar-refractivity contribution is -0.167. The first-order valence-electron chi connectivity index (χ1n) is 31.7. The number of ether oxygens (including phenoxy) is 3. The zero-order valence-corrected chi connectivity index (χ0v) is 47.6. The number of carbonyl (C=O) groups is 3. The van der Waals surface area contributed by atoms with Gasteiger partial charge in [-0.25, -0.2) is 0 Å². The highest BCUT2D eigenvalue weighted by atomic mass is 16.6. The van der Waals surface area contributed by atoms with Crippen molar-refractivity contribution < 1.29 is 28.6 Å². The lowest BCUT2D eigenvalue weighted by Crippen LogP contribution is -2.30. The number of allylic oxidation sites excluding steroid dienone is 2. The van der Waals surface area contributed by atoms with Gasteiger partial charge in [-0.15, -0.1) is 0 Å². The molecule has 0 aromatic rings. The van der Waals surface area contributed by atoms with Crippen LogP contribution >= 0.6 is 0 Å². The monoisotopic (exact) mass is 987 g/mol. The summed E-state index contributed by atoms with van der Waals surface area (Å²) in [5.41, 5.74) is 0. The van der Waals surface area contributed by atoms with Crippen molar-refractivity contribution >= 4 is 17.9 Å². The molecule has 0 saturated heterocycles. The van der Waals surface area contributed by atoms with Crippen molar-refractivity contribution in [2.75, 3.05) is 13.2 Å². The first-order valence-corrected chi connectivity index (χ1v) is 31.7. The Kier molecular flexibility index (Phi) is 58.1. The van der Waals surface area contributed by atoms with Crippen molar-refractivity contribution in [3.8, 4) is 0 Å². The van der Waals surface area contributed by atoms with Crippen molar-refractivity contribution in [3.05, 3.63) is 12.2 Å². The summed E-state index contributed by atoms with van der Waals surface area (Å²) in [4.78, 5) is 38.2. The van der Waals surface area contributed by atoms with Crippen LogP contribution in [-0.2, 0) is 28.6 Å². The van der Waals surface area contributed by atoms with Crippen LogP contribution in [0.2, 0.25) is 0 Å². The fourth-order valence-electron chi connectivity index (χ4n) is 9.74. The average molecular weight is 988 g/mol. The molecule has 0 aromatic heterocycles. The molecule has 0 rings (SSSR count). The Morgan fingerprint density at radius 2 is 0.471 bits per heavy atom. The lowest BCUT2D eigenvalue weighted by Gasteiger charge is -2.18. The first kappa shape index (κ1) is 68.2. The van der Waals surface area contributed by atoms with Gasteiger partial charge in [-0.3, -0.25) is 14.4 Å². The molecule has 0 N–H and O–H groups in total. The van der Waals surface area contributed by atoms with E-state index in [0.717, 1.165) is 64.2 Å². The lowest BCUT2D eigenvalue weighted by atomic mass is 10.0. The van der Waals surface area contributed by atoms with Gasteiger partial charge in [0.1, 0.15) is 13.2 Å². The Morgan fingerprint density at radius 1 is 0.271 bits per heavy atom. The van der Waals surface area contributed by atoms with Crippen LogP contribution in [0.3, 0.4) is 0 Å². The van der Waals surface area contributed by atoms with Crippen molar-refractivity contribution in [2.24, 2.45) is 0 Å². The summed E-state index contributed by atoms with van der Waals surface area (Å²) in [6.45, 7) is 6.68. The minimum atomic E-state index is -0.768. The topological polar surface area (TPSA) is 78.9 Å². The third kappa shape index (κ3) is 57.1. The molecule has 6 nitrogen and oxygen atoms in total. The van der Waals surface area contributed by atoms with Crippen LogP contribution in [0.15, 0.2) is 12.2 Å². The summed E-state index contributed by atoms with van der Waals surface area (Å²) in [6.07, 6.45) is 69.4. The van der Waals surface area contributed by atoms with E-state index in [1.807, 2.05) is 0 Å². The van der Waals surface area contributed by atoms with Crippen molar-refractivity contribution in [1.29, 1.82) is 0 Å². The van der Waals surface area contributed by atoms with E-state index in [4.69, 9.17) is 14.2 Å². The molecule has 0 aliphatic carbocycles. The van der Waals surface area contributed by atoms with Gasteiger partial charge in [0.05, 0.1) is 0 Å². The minimum absolute atomic E-state index is 0.0662. The first-order chi connectivity index (χ1) is 34.5. The number of hydrogen-bond acceptors (Lipinski definition) is 6. The van der Waals surface area contributed by atoms with E-state index in [0.29, 0.717) is 19.3 Å². The molecule has 0 aliphatic rings. The van der Waals surface area contributed by atoms with Gasteiger partial charge in [-0.1, -0.05) is 309 Å². The number of rotatable bonds is 59. The Bertz CT molecular complexity index is 1090. The highest BCUT2D eigenvalue weighted by Crippen LogP contribution is 2.18. The van der Waals surface area contributed by atoms with E-state index in [-0.39, 0.29) is 31.1 Å². The molecule has 1 atom stereocenters. The Hall–Kier alpha value is -1.85. The van der Waals surface area contributed by atoms with Crippen molar-refractivity contribution in [3.63, 3.8) is 0 Å². The van der Waals surface area contributed by atoms with Crippen LogP contribution in [-0.4, -0.2) is 37.2 Å². The molecule has 0 bridgehead atoms. The largest absolute Gasteiger partial charge is 0.462 e. The standard InChI is InChI=1S/C64H122O6/c1-4-7-10-13-16-19-22-25-27-29-30-31-32-33-34-35-36-38-39-42-45-48-51-54-57-63(66)69-60-61(59-68-62(65)56-53-50-47-44-41-24-21-18-15-12-9-6-3)70-64(67)58-55-52-49-46-43-40-37-28-26-23-20-17-14-11-8-5-2/h18,21,61H,4-17,19-20,22-60H2,1-3H3/b21-18-. The minimum Gasteiger partial charge on any atom is -0.462 e. The number of carbonyl (C=O) groups excluding carboxylic acids is 3. The summed E-state index contributed by atoms with van der Waals surface area (Å²) in [6, 6.07) is 0. The maximum Gasteiger partial charge on any atom is 0.306 e. The number of hydrogen-bond donors (Lipinski definition) is 0. The third-order valence-electron chi connectivity index (χ3n) is 14.5. The molecule has 0 radical (unpaired) electrons. The normalized spacial score (nSPS) is 12.0. The van der Waals surface area contributed by atoms with Gasteiger partial charge in [0.2, 0.25) is 0 Å². The summed E-state index contributed by atoms with van der Waals surface area (Å²) in [7, 11) is 0. The Morgan fingerprint density at radius 3 is 0.743 bits per heavy atom. The highest BCUT2D eigenvalue weighted by molar-refractivity contribution is 5.71. The van der Waals surface area contributed by atoms with Crippen LogP contribution in [0.25, 0.3) is 0 Å². The van der Waals surface area contributed by atoms with E-state index in [1.165, 1.54) is 257 Å². The number of esters is 3. The van der Waals surface area contributed by atoms with Gasteiger partial charge in [0, 0.05) is 19.3 Å². The molecule has 0 aromatic carbocycles. The molecule has 0 fully saturated rings. The zero-order valence-electron chi connectivity index (χ0n) is 47.6. The van der Waals surface area contributed by atoms with Gasteiger partial charge in [0.25, 0.3) is 0 Å². The fraction of sp³-hybridized carbons (Fsp3) is 0.922. The Balaban J connectivity index is 4.19.